The van der Waals surface area contributed by atoms with Gasteiger partial charge in [-0.2, -0.15) is 9.78 Å². The van der Waals surface area contributed by atoms with E-state index in [0.29, 0.717) is 28.2 Å². The second-order valence-electron chi connectivity index (χ2n) is 8.81. The van der Waals surface area contributed by atoms with Crippen molar-refractivity contribution in [1.29, 1.82) is 0 Å². The van der Waals surface area contributed by atoms with E-state index in [-0.39, 0.29) is 17.2 Å². The number of benzene rings is 3. The topological polar surface area (TPSA) is 86.4 Å². The summed E-state index contributed by atoms with van der Waals surface area (Å²) in [5, 5.41) is 7.52. The zero-order valence-corrected chi connectivity index (χ0v) is 21.0. The van der Waals surface area contributed by atoms with Gasteiger partial charge in [-0.15, -0.1) is 0 Å². The van der Waals surface area contributed by atoms with Crippen molar-refractivity contribution in [2.75, 3.05) is 5.32 Å². The number of nitrogens with one attached hydrogen (secondary N) is 1. The molecule has 0 saturated heterocycles. The van der Waals surface area contributed by atoms with Crippen molar-refractivity contribution in [3.05, 3.63) is 108 Å². The molecule has 5 rings (SSSR count). The fourth-order valence-corrected chi connectivity index (χ4v) is 4.26. The average molecular weight is 510 g/mol. The van der Waals surface area contributed by atoms with Crippen LogP contribution in [0.4, 0.5) is 10.1 Å². The quantitative estimate of drug-likeness (QED) is 0.256. The second-order valence-corrected chi connectivity index (χ2v) is 8.81. The summed E-state index contributed by atoms with van der Waals surface area (Å²) >= 11 is 0. The number of rotatable bonds is 6. The number of hydrogen-bond donors (Lipinski definition) is 1. The lowest BCUT2D eigenvalue weighted by molar-refractivity contribution is -0.132. The van der Waals surface area contributed by atoms with Gasteiger partial charge in [-0.25, -0.2) is 4.39 Å². The highest BCUT2D eigenvalue weighted by atomic mass is 19.1. The summed E-state index contributed by atoms with van der Waals surface area (Å²) in [6.45, 7) is 5.22. The minimum absolute atomic E-state index is 0.162. The van der Waals surface area contributed by atoms with Gasteiger partial charge in [0.1, 0.15) is 11.5 Å². The molecule has 0 aliphatic heterocycles. The van der Waals surface area contributed by atoms with Crippen molar-refractivity contribution in [2.45, 2.75) is 20.8 Å². The fourth-order valence-electron chi connectivity index (χ4n) is 4.26. The Bertz CT molecular complexity index is 1640. The molecule has 3 aromatic carbocycles. The summed E-state index contributed by atoms with van der Waals surface area (Å²) in [6.07, 6.45) is 1.42. The molecule has 0 bridgehead atoms. The monoisotopic (exact) mass is 509 g/mol. The Morgan fingerprint density at radius 1 is 0.974 bits per heavy atom. The Morgan fingerprint density at radius 2 is 1.74 bits per heavy atom. The van der Waals surface area contributed by atoms with Gasteiger partial charge in [0.2, 0.25) is 5.88 Å². The van der Waals surface area contributed by atoms with E-state index in [1.807, 2.05) is 32.0 Å². The number of amides is 1. The lowest BCUT2D eigenvalue weighted by Crippen LogP contribution is -2.10. The number of aromatic nitrogens is 2. The van der Waals surface area contributed by atoms with Gasteiger partial charge < -0.3 is 14.5 Å². The largest absolute Gasteiger partial charge is 0.459 e. The highest BCUT2D eigenvalue weighted by Crippen LogP contribution is 2.42. The number of aryl methyl sites for hydroxylation is 2. The van der Waals surface area contributed by atoms with E-state index in [1.165, 1.54) is 23.9 Å². The second kappa shape index (κ2) is 10.2. The third-order valence-corrected chi connectivity index (χ3v) is 5.97. The van der Waals surface area contributed by atoms with E-state index in [4.69, 9.17) is 14.3 Å². The Kier molecular flexibility index (Phi) is 6.62. The molecule has 7 nitrogen and oxygen atoms in total. The minimum Gasteiger partial charge on any atom is -0.459 e. The molecule has 0 unspecified atom stereocenters. The molecule has 0 aliphatic rings. The Morgan fingerprint density at radius 3 is 2.39 bits per heavy atom. The summed E-state index contributed by atoms with van der Waals surface area (Å²) in [5.41, 5.74) is 4.82. The van der Waals surface area contributed by atoms with E-state index in [2.05, 4.69) is 5.32 Å². The van der Waals surface area contributed by atoms with Crippen molar-refractivity contribution in [3.8, 4) is 34.0 Å². The number of halogens is 1. The molecule has 0 saturated carbocycles. The molecule has 190 valence electrons. The molecule has 1 amide bonds. The molecule has 38 heavy (non-hydrogen) atoms. The van der Waals surface area contributed by atoms with Crippen LogP contribution >= 0.6 is 0 Å². The number of carbonyl (C=O) groups is 2. The molecular weight excluding hydrogens is 485 g/mol. The zero-order valence-electron chi connectivity index (χ0n) is 21.0. The molecule has 2 heterocycles. The molecule has 0 atom stereocenters. The first-order valence-electron chi connectivity index (χ1n) is 11.9. The standard InChI is InChI=1S/C30H24FN3O4/c1-18-10-15-25(19(2)17-18)34-30(38-20(3)35)27(28(33-34)23-7-4-5-8-24(23)31)21-11-13-22(14-12-21)32-29(36)26-9-6-16-37-26/h4-17H,1-3H3,(H,32,36). The van der Waals surface area contributed by atoms with Crippen molar-refractivity contribution in [1.82, 2.24) is 9.78 Å². The highest BCUT2D eigenvalue weighted by molar-refractivity contribution is 6.02. The number of furan rings is 1. The van der Waals surface area contributed by atoms with Crippen LogP contribution in [0.25, 0.3) is 28.1 Å². The summed E-state index contributed by atoms with van der Waals surface area (Å²) in [6, 6.07) is 22.2. The van der Waals surface area contributed by atoms with Gasteiger partial charge in [-0.05, 0) is 67.4 Å². The molecule has 2 aromatic heterocycles. The maximum absolute atomic E-state index is 15.0. The molecule has 5 aromatic rings. The molecule has 0 fully saturated rings. The van der Waals surface area contributed by atoms with E-state index >= 15 is 4.39 Å². The van der Waals surface area contributed by atoms with Crippen LogP contribution in [0.3, 0.4) is 0 Å². The Hall–Kier alpha value is -4.98. The van der Waals surface area contributed by atoms with Crippen LogP contribution < -0.4 is 10.1 Å². The van der Waals surface area contributed by atoms with Crippen LogP contribution in [0.5, 0.6) is 5.88 Å². The van der Waals surface area contributed by atoms with Crippen molar-refractivity contribution < 1.29 is 23.1 Å². The number of anilines is 1. The molecule has 0 radical (unpaired) electrons. The van der Waals surface area contributed by atoms with Gasteiger partial charge in [-0.3, -0.25) is 9.59 Å². The minimum atomic E-state index is -0.542. The fraction of sp³-hybridized carbons (Fsp3) is 0.100. The maximum Gasteiger partial charge on any atom is 0.309 e. The number of esters is 1. The smallest absolute Gasteiger partial charge is 0.309 e. The van der Waals surface area contributed by atoms with Crippen LogP contribution in [-0.4, -0.2) is 21.7 Å². The Balaban J connectivity index is 1.67. The predicted molar refractivity (Wildman–Crippen MR) is 142 cm³/mol. The van der Waals surface area contributed by atoms with Gasteiger partial charge in [-0.1, -0.05) is 42.0 Å². The van der Waals surface area contributed by atoms with Crippen LogP contribution in [0.2, 0.25) is 0 Å². The first-order chi connectivity index (χ1) is 18.3. The van der Waals surface area contributed by atoms with Crippen molar-refractivity contribution >= 4 is 17.6 Å². The van der Waals surface area contributed by atoms with Crippen LogP contribution in [0.1, 0.15) is 28.6 Å². The van der Waals surface area contributed by atoms with E-state index in [9.17, 15) is 9.59 Å². The van der Waals surface area contributed by atoms with E-state index in [0.717, 1.165) is 11.1 Å². The van der Waals surface area contributed by atoms with Crippen molar-refractivity contribution in [3.63, 3.8) is 0 Å². The predicted octanol–water partition coefficient (Wildman–Crippen LogP) is 6.73. The van der Waals surface area contributed by atoms with E-state index in [1.54, 1.807) is 54.6 Å². The summed E-state index contributed by atoms with van der Waals surface area (Å²) in [5.74, 6) is -1.05. The van der Waals surface area contributed by atoms with Gasteiger partial charge in [0.05, 0.1) is 17.5 Å². The first kappa shape index (κ1) is 24.7. The van der Waals surface area contributed by atoms with Gasteiger partial charge in [0, 0.05) is 18.2 Å². The molecule has 0 aliphatic carbocycles. The first-order valence-corrected chi connectivity index (χ1v) is 11.9. The SMILES string of the molecule is CC(=O)Oc1c(-c2ccc(NC(=O)c3ccco3)cc2)c(-c2ccccc2F)nn1-c1ccc(C)cc1C. The number of nitrogens with zero attached hydrogens (tertiary/aromatic N) is 2. The molecule has 1 N–H and O–H groups in total. The molecule has 8 heteroatoms. The molecular formula is C30H24FN3O4. The van der Waals surface area contributed by atoms with Crippen LogP contribution in [0, 0.1) is 19.7 Å². The average Bonchev–Trinajstić information content (AvgIpc) is 3.54. The van der Waals surface area contributed by atoms with Gasteiger partial charge in [0.25, 0.3) is 5.91 Å². The van der Waals surface area contributed by atoms with Crippen LogP contribution in [-0.2, 0) is 4.79 Å². The number of ether oxygens (including phenoxy) is 1. The van der Waals surface area contributed by atoms with E-state index < -0.39 is 17.7 Å². The van der Waals surface area contributed by atoms with Crippen LogP contribution in [0.15, 0.2) is 89.5 Å². The normalized spacial score (nSPS) is 10.8. The summed E-state index contributed by atoms with van der Waals surface area (Å²) in [7, 11) is 0. The summed E-state index contributed by atoms with van der Waals surface area (Å²) < 4.78 is 27.4. The van der Waals surface area contributed by atoms with Crippen molar-refractivity contribution in [2.24, 2.45) is 0 Å². The highest BCUT2D eigenvalue weighted by Gasteiger charge is 2.26. The summed E-state index contributed by atoms with van der Waals surface area (Å²) in [4.78, 5) is 24.6. The van der Waals surface area contributed by atoms with Gasteiger partial charge >= 0.3 is 5.97 Å². The lowest BCUT2D eigenvalue weighted by Gasteiger charge is -2.12. The zero-order chi connectivity index (χ0) is 26.8. The van der Waals surface area contributed by atoms with Gasteiger partial charge in [0.15, 0.2) is 5.76 Å². The number of hydrogen-bond acceptors (Lipinski definition) is 5. The third-order valence-electron chi connectivity index (χ3n) is 5.97. The molecule has 0 spiro atoms. The Labute approximate surface area is 218 Å². The number of carbonyl (C=O) groups excluding carboxylic acids is 2. The third kappa shape index (κ3) is 4.84. The maximum atomic E-state index is 15.0. The lowest BCUT2D eigenvalue weighted by atomic mass is 10.0.